The zero-order valence-corrected chi connectivity index (χ0v) is 16.2. The molecule has 1 saturated carbocycles. The van der Waals surface area contributed by atoms with Crippen molar-refractivity contribution < 1.29 is 9.53 Å². The van der Waals surface area contributed by atoms with Gasteiger partial charge in [-0.2, -0.15) is 0 Å². The van der Waals surface area contributed by atoms with Crippen LogP contribution in [0.4, 0.5) is 0 Å². The lowest BCUT2D eigenvalue weighted by atomic mass is 9.90. The topological polar surface area (TPSA) is 63.5 Å². The number of carbonyl (C=O) groups is 1. The molecule has 5 rings (SSSR count). The summed E-state index contributed by atoms with van der Waals surface area (Å²) in [6.07, 6.45) is 9.31. The first-order chi connectivity index (χ1) is 13.8. The molecule has 1 aromatic heterocycles. The van der Waals surface area contributed by atoms with Crippen LogP contribution in [-0.2, 0) is 0 Å². The average molecular weight is 381 g/mol. The lowest BCUT2D eigenvalue weighted by molar-refractivity contribution is 0.0493. The fourth-order valence-electron chi connectivity index (χ4n) is 4.13. The number of ether oxygens (including phenoxy) is 1. The Morgan fingerprint density at radius 3 is 2.32 bits per heavy atom. The highest BCUT2D eigenvalue weighted by Crippen LogP contribution is 2.28. The Hall–Kier alpha value is -2.41. The van der Waals surface area contributed by atoms with Crippen LogP contribution in [0.3, 0.4) is 0 Å². The van der Waals surface area contributed by atoms with Crippen LogP contribution in [0, 0.1) is 0 Å². The van der Waals surface area contributed by atoms with Gasteiger partial charge in [-0.15, -0.1) is 5.10 Å². The molecule has 1 amide bonds. The van der Waals surface area contributed by atoms with E-state index < -0.39 is 0 Å². The van der Waals surface area contributed by atoms with Gasteiger partial charge < -0.3 is 14.5 Å². The summed E-state index contributed by atoms with van der Waals surface area (Å²) in [6, 6.07) is 8.72. The predicted octanol–water partition coefficient (Wildman–Crippen LogP) is 2.51. The first-order valence-corrected chi connectivity index (χ1v) is 10.5. The highest BCUT2D eigenvalue weighted by Gasteiger charge is 2.29. The molecule has 148 valence electrons. The van der Waals surface area contributed by atoms with E-state index in [1.54, 1.807) is 15.9 Å². The minimum absolute atomic E-state index is 0.0850. The minimum atomic E-state index is -0.0850. The molecule has 0 spiro atoms. The molecule has 2 aromatic rings. The minimum Gasteiger partial charge on any atom is -0.490 e. The lowest BCUT2D eigenvalue weighted by Crippen LogP contribution is -2.46. The largest absolute Gasteiger partial charge is 0.490 e. The van der Waals surface area contributed by atoms with Crippen molar-refractivity contribution in [2.45, 2.75) is 50.7 Å². The fraction of sp³-hybridized carbons (Fsp3) is 0.571. The third-order valence-electron chi connectivity index (χ3n) is 6.30. The molecule has 0 unspecified atom stereocenters. The van der Waals surface area contributed by atoms with Crippen LogP contribution >= 0.6 is 0 Å². The van der Waals surface area contributed by atoms with Crippen molar-refractivity contribution in [2.24, 2.45) is 0 Å². The van der Waals surface area contributed by atoms with Gasteiger partial charge in [-0.05, 0) is 56.4 Å². The average Bonchev–Trinajstić information content (AvgIpc) is 3.11. The number of amides is 1. The summed E-state index contributed by atoms with van der Waals surface area (Å²) < 4.78 is 7.84. The van der Waals surface area contributed by atoms with Crippen molar-refractivity contribution in [1.82, 2.24) is 24.6 Å². The Bertz CT molecular complexity index is 818. The maximum absolute atomic E-state index is 12.2. The van der Waals surface area contributed by atoms with E-state index in [0.717, 1.165) is 62.9 Å². The monoisotopic (exact) mass is 381 g/mol. The number of carbonyl (C=O) groups excluding carboxylic acids is 1. The SMILES string of the molecule is O=C(c1ncn(-c2ccc(OC3CCN(C4CCC4)CC3)cc2)n1)N1CCC1. The van der Waals surface area contributed by atoms with Crippen LogP contribution in [0.25, 0.3) is 5.69 Å². The molecule has 0 atom stereocenters. The Morgan fingerprint density at radius 2 is 1.71 bits per heavy atom. The Morgan fingerprint density at radius 1 is 0.964 bits per heavy atom. The van der Waals surface area contributed by atoms with Crippen LogP contribution < -0.4 is 4.74 Å². The second kappa shape index (κ2) is 7.54. The summed E-state index contributed by atoms with van der Waals surface area (Å²) in [5.41, 5.74) is 0.877. The van der Waals surface area contributed by atoms with E-state index in [-0.39, 0.29) is 11.7 Å². The van der Waals surface area contributed by atoms with Gasteiger partial charge in [0.05, 0.1) is 5.69 Å². The molecule has 3 aliphatic rings. The van der Waals surface area contributed by atoms with Crippen molar-refractivity contribution in [3.05, 3.63) is 36.4 Å². The van der Waals surface area contributed by atoms with Crippen molar-refractivity contribution in [3.8, 4) is 11.4 Å². The summed E-state index contributed by atoms with van der Waals surface area (Å²) in [7, 11) is 0. The molecule has 0 N–H and O–H groups in total. The van der Waals surface area contributed by atoms with Crippen molar-refractivity contribution in [3.63, 3.8) is 0 Å². The molecule has 2 saturated heterocycles. The summed E-state index contributed by atoms with van der Waals surface area (Å²) in [6.45, 7) is 3.92. The smallest absolute Gasteiger partial charge is 0.293 e. The van der Waals surface area contributed by atoms with E-state index in [4.69, 9.17) is 4.74 Å². The number of piperidine rings is 1. The molecular weight excluding hydrogens is 354 g/mol. The molecule has 3 fully saturated rings. The standard InChI is InChI=1S/C21H27N5O2/c27-21(25-11-2-12-25)20-22-15-26(23-20)17-5-7-18(8-6-17)28-19-9-13-24(14-10-19)16-3-1-4-16/h5-8,15-16,19H,1-4,9-14H2. The Kier molecular flexibility index (Phi) is 4.76. The third kappa shape index (κ3) is 3.51. The van der Waals surface area contributed by atoms with Crippen LogP contribution in [0.2, 0.25) is 0 Å². The van der Waals surface area contributed by atoms with E-state index in [9.17, 15) is 4.79 Å². The molecule has 7 nitrogen and oxygen atoms in total. The molecule has 1 aliphatic carbocycles. The maximum atomic E-state index is 12.2. The van der Waals surface area contributed by atoms with Crippen molar-refractivity contribution in [2.75, 3.05) is 26.2 Å². The number of hydrogen-bond donors (Lipinski definition) is 0. The number of likely N-dealkylation sites (tertiary alicyclic amines) is 2. The van der Waals surface area contributed by atoms with Gasteiger partial charge in [-0.25, -0.2) is 9.67 Å². The number of aromatic nitrogens is 3. The Balaban J connectivity index is 1.17. The van der Waals surface area contributed by atoms with Crippen molar-refractivity contribution >= 4 is 5.91 Å². The van der Waals surface area contributed by atoms with Crippen LogP contribution in [0.1, 0.15) is 49.1 Å². The van der Waals surface area contributed by atoms with E-state index in [1.807, 2.05) is 24.3 Å². The molecule has 1 aromatic carbocycles. The zero-order valence-electron chi connectivity index (χ0n) is 16.2. The molecule has 0 radical (unpaired) electrons. The zero-order chi connectivity index (χ0) is 18.9. The first kappa shape index (κ1) is 17.7. The number of hydrogen-bond acceptors (Lipinski definition) is 5. The van der Waals surface area contributed by atoms with Crippen LogP contribution in [-0.4, -0.2) is 68.8 Å². The van der Waals surface area contributed by atoms with Gasteiger partial charge in [0, 0.05) is 32.2 Å². The van der Waals surface area contributed by atoms with Crippen LogP contribution in [0.15, 0.2) is 30.6 Å². The highest BCUT2D eigenvalue weighted by molar-refractivity contribution is 5.90. The summed E-state index contributed by atoms with van der Waals surface area (Å²) >= 11 is 0. The molecule has 0 bridgehead atoms. The normalized spacial score (nSPS) is 21.2. The lowest BCUT2D eigenvalue weighted by Gasteiger charge is -2.41. The highest BCUT2D eigenvalue weighted by atomic mass is 16.5. The molecule has 3 heterocycles. The van der Waals surface area contributed by atoms with Gasteiger partial charge in [0.15, 0.2) is 0 Å². The van der Waals surface area contributed by atoms with E-state index in [0.29, 0.717) is 6.10 Å². The number of benzene rings is 1. The van der Waals surface area contributed by atoms with Gasteiger partial charge in [0.2, 0.25) is 5.82 Å². The third-order valence-corrected chi connectivity index (χ3v) is 6.30. The van der Waals surface area contributed by atoms with Crippen molar-refractivity contribution in [1.29, 1.82) is 0 Å². The van der Waals surface area contributed by atoms with Gasteiger partial charge in [-0.3, -0.25) is 4.79 Å². The van der Waals surface area contributed by atoms with Gasteiger partial charge in [-0.1, -0.05) is 6.42 Å². The van der Waals surface area contributed by atoms with E-state index >= 15 is 0 Å². The predicted molar refractivity (Wildman–Crippen MR) is 105 cm³/mol. The van der Waals surface area contributed by atoms with Gasteiger partial charge >= 0.3 is 0 Å². The van der Waals surface area contributed by atoms with Gasteiger partial charge in [0.1, 0.15) is 18.2 Å². The number of nitrogens with zero attached hydrogens (tertiary/aromatic N) is 5. The molecule has 2 aliphatic heterocycles. The van der Waals surface area contributed by atoms with E-state index in [2.05, 4.69) is 15.0 Å². The molecular formula is C21H27N5O2. The summed E-state index contributed by atoms with van der Waals surface area (Å²) in [5.74, 6) is 1.07. The molecule has 28 heavy (non-hydrogen) atoms. The second-order valence-electron chi connectivity index (χ2n) is 8.09. The maximum Gasteiger partial charge on any atom is 0.293 e. The van der Waals surface area contributed by atoms with E-state index in [1.165, 1.54) is 19.3 Å². The fourth-order valence-corrected chi connectivity index (χ4v) is 4.13. The number of rotatable bonds is 5. The first-order valence-electron chi connectivity index (χ1n) is 10.5. The summed E-state index contributed by atoms with van der Waals surface area (Å²) in [5, 5.41) is 4.34. The Labute approximate surface area is 165 Å². The quantitative estimate of drug-likeness (QED) is 0.796. The van der Waals surface area contributed by atoms with Gasteiger partial charge in [0.25, 0.3) is 5.91 Å². The second-order valence-corrected chi connectivity index (χ2v) is 8.09. The van der Waals surface area contributed by atoms with Crippen LogP contribution in [0.5, 0.6) is 5.75 Å². The molecule has 7 heteroatoms. The summed E-state index contributed by atoms with van der Waals surface area (Å²) in [4.78, 5) is 20.8.